The van der Waals surface area contributed by atoms with Crippen LogP contribution >= 0.6 is 27.7 Å². The number of carboxylic acid groups (broad SMARTS) is 1. The number of rotatable bonds is 6. The van der Waals surface area contributed by atoms with Gasteiger partial charge in [0.25, 0.3) is 0 Å². The quantitative estimate of drug-likeness (QED) is 0.805. The Balaban J connectivity index is 3.01. The Labute approximate surface area is 117 Å². The number of halogens is 1. The molecule has 0 radical (unpaired) electrons. The summed E-state index contributed by atoms with van der Waals surface area (Å²) in [6.07, 6.45) is 1.86. The molecule has 0 saturated carbocycles. The van der Waals surface area contributed by atoms with E-state index in [0.29, 0.717) is 5.75 Å². The fraction of sp³-hybridized carbons (Fsp3) is 0.444. The highest BCUT2D eigenvalue weighted by atomic mass is 79.9. The number of hydrogen-bond acceptors (Lipinski definition) is 5. The molecule has 1 aromatic rings. The number of nitrogens with one attached hydrogen (secondary N) is 1. The van der Waals surface area contributed by atoms with Gasteiger partial charge >= 0.3 is 5.97 Å². The summed E-state index contributed by atoms with van der Waals surface area (Å²) in [5.41, 5.74) is 0. The highest BCUT2D eigenvalue weighted by Gasteiger charge is 2.26. The van der Waals surface area contributed by atoms with Gasteiger partial charge in [-0.1, -0.05) is 0 Å². The van der Waals surface area contributed by atoms with E-state index in [0.717, 1.165) is 6.07 Å². The number of aromatic carboxylic acids is 1. The van der Waals surface area contributed by atoms with Crippen molar-refractivity contribution in [2.24, 2.45) is 0 Å². The third kappa shape index (κ3) is 3.74. The lowest BCUT2D eigenvalue weighted by atomic mass is 10.4. The van der Waals surface area contributed by atoms with E-state index in [-0.39, 0.29) is 15.6 Å². The average molecular weight is 358 g/mol. The lowest BCUT2D eigenvalue weighted by Crippen LogP contribution is -2.34. The van der Waals surface area contributed by atoms with Gasteiger partial charge in [-0.15, -0.1) is 0 Å². The molecule has 1 rings (SSSR count). The standard InChI is InChI=1S/C9H12BrNO5S2/c1-5(4-17-2)11-18(14,15)7-3-6(9(12)13)16-8(7)10/h3,5,11H,4H2,1-2H3,(H,12,13). The molecule has 0 aliphatic rings. The molecule has 102 valence electrons. The van der Waals surface area contributed by atoms with Crippen LogP contribution in [-0.2, 0) is 10.0 Å². The van der Waals surface area contributed by atoms with Crippen molar-refractivity contribution >= 4 is 43.7 Å². The van der Waals surface area contributed by atoms with Gasteiger partial charge in [-0.3, -0.25) is 0 Å². The van der Waals surface area contributed by atoms with Gasteiger partial charge in [0.05, 0.1) is 0 Å². The maximum Gasteiger partial charge on any atom is 0.371 e. The van der Waals surface area contributed by atoms with Crippen molar-refractivity contribution in [1.29, 1.82) is 0 Å². The summed E-state index contributed by atoms with van der Waals surface area (Å²) in [6.45, 7) is 1.72. The number of thioether (sulfide) groups is 1. The molecule has 0 aromatic carbocycles. The Morgan fingerprint density at radius 2 is 2.28 bits per heavy atom. The number of carboxylic acids is 1. The molecule has 9 heteroatoms. The zero-order valence-electron chi connectivity index (χ0n) is 9.64. The van der Waals surface area contributed by atoms with Gasteiger partial charge < -0.3 is 9.52 Å². The molecule has 1 heterocycles. The summed E-state index contributed by atoms with van der Waals surface area (Å²) in [6, 6.07) is 0.709. The molecule has 0 saturated heterocycles. The molecule has 1 atom stereocenters. The highest BCUT2D eigenvalue weighted by Crippen LogP contribution is 2.26. The first-order chi connectivity index (χ1) is 8.27. The third-order valence-electron chi connectivity index (χ3n) is 1.93. The van der Waals surface area contributed by atoms with Crippen LogP contribution in [0, 0.1) is 0 Å². The van der Waals surface area contributed by atoms with E-state index in [1.165, 1.54) is 11.8 Å². The van der Waals surface area contributed by atoms with Crippen molar-refractivity contribution in [3.05, 3.63) is 16.5 Å². The molecule has 1 aromatic heterocycles. The molecule has 0 spiro atoms. The third-order valence-corrected chi connectivity index (χ3v) is 5.21. The highest BCUT2D eigenvalue weighted by molar-refractivity contribution is 9.10. The number of hydrogen-bond donors (Lipinski definition) is 2. The summed E-state index contributed by atoms with van der Waals surface area (Å²) in [7, 11) is -3.79. The topological polar surface area (TPSA) is 96.6 Å². The Morgan fingerprint density at radius 3 is 2.72 bits per heavy atom. The van der Waals surface area contributed by atoms with Crippen molar-refractivity contribution in [2.45, 2.75) is 17.9 Å². The minimum atomic E-state index is -3.79. The van der Waals surface area contributed by atoms with E-state index in [1.54, 1.807) is 6.92 Å². The van der Waals surface area contributed by atoms with Crippen LogP contribution in [0.1, 0.15) is 17.5 Å². The normalized spacial score (nSPS) is 13.5. The predicted molar refractivity (Wildman–Crippen MR) is 71.5 cm³/mol. The second kappa shape index (κ2) is 6.09. The Hall–Kier alpha value is -0.510. The zero-order valence-corrected chi connectivity index (χ0v) is 12.9. The van der Waals surface area contributed by atoms with Crippen LogP contribution in [-0.4, -0.2) is 37.5 Å². The maximum atomic E-state index is 12.0. The summed E-state index contributed by atoms with van der Waals surface area (Å²) in [5, 5.41) is 8.72. The number of carbonyl (C=O) groups is 1. The Kier molecular flexibility index (Phi) is 5.26. The first-order valence-corrected chi connectivity index (χ1v) is 8.49. The summed E-state index contributed by atoms with van der Waals surface area (Å²) in [5.74, 6) is -1.14. The molecule has 18 heavy (non-hydrogen) atoms. The van der Waals surface area contributed by atoms with E-state index in [4.69, 9.17) is 9.52 Å². The zero-order chi connectivity index (χ0) is 13.9. The number of furan rings is 1. The summed E-state index contributed by atoms with van der Waals surface area (Å²) in [4.78, 5) is 10.5. The van der Waals surface area contributed by atoms with E-state index < -0.39 is 21.8 Å². The monoisotopic (exact) mass is 357 g/mol. The van der Waals surface area contributed by atoms with Crippen LogP contribution in [0.3, 0.4) is 0 Å². The molecule has 1 unspecified atom stereocenters. The van der Waals surface area contributed by atoms with E-state index >= 15 is 0 Å². The minimum absolute atomic E-state index is 0.122. The average Bonchev–Trinajstić information content (AvgIpc) is 2.60. The second-order valence-electron chi connectivity index (χ2n) is 3.53. The van der Waals surface area contributed by atoms with Gasteiger partial charge in [-0.2, -0.15) is 11.8 Å². The van der Waals surface area contributed by atoms with Crippen LogP contribution in [0.4, 0.5) is 0 Å². The van der Waals surface area contributed by atoms with Crippen molar-refractivity contribution in [3.63, 3.8) is 0 Å². The lowest BCUT2D eigenvalue weighted by Gasteiger charge is -2.11. The molecule has 0 aliphatic heterocycles. The van der Waals surface area contributed by atoms with E-state index in [9.17, 15) is 13.2 Å². The van der Waals surface area contributed by atoms with Crippen molar-refractivity contribution in [3.8, 4) is 0 Å². The molecule has 0 fully saturated rings. The molecule has 0 bridgehead atoms. The van der Waals surface area contributed by atoms with Crippen LogP contribution in [0.5, 0.6) is 0 Å². The molecule has 0 amide bonds. The minimum Gasteiger partial charge on any atom is -0.475 e. The molecular formula is C9H12BrNO5S2. The van der Waals surface area contributed by atoms with Gasteiger partial charge in [0.15, 0.2) is 4.67 Å². The van der Waals surface area contributed by atoms with Crippen LogP contribution in [0.2, 0.25) is 0 Å². The molecule has 6 nitrogen and oxygen atoms in total. The number of sulfonamides is 1. The summed E-state index contributed by atoms with van der Waals surface area (Å²) >= 11 is 4.40. The van der Waals surface area contributed by atoms with Crippen LogP contribution in [0.25, 0.3) is 0 Å². The SMILES string of the molecule is CSCC(C)NS(=O)(=O)c1cc(C(=O)O)oc1Br. The predicted octanol–water partition coefficient (Wildman–Crippen LogP) is 1.77. The van der Waals surface area contributed by atoms with Crippen molar-refractivity contribution in [2.75, 3.05) is 12.0 Å². The van der Waals surface area contributed by atoms with Crippen LogP contribution in [0.15, 0.2) is 20.0 Å². The van der Waals surface area contributed by atoms with Gasteiger partial charge in [-0.25, -0.2) is 17.9 Å². The van der Waals surface area contributed by atoms with Crippen molar-refractivity contribution in [1.82, 2.24) is 4.72 Å². The second-order valence-corrected chi connectivity index (χ2v) is 6.84. The Morgan fingerprint density at radius 1 is 1.67 bits per heavy atom. The largest absolute Gasteiger partial charge is 0.475 e. The van der Waals surface area contributed by atoms with Gasteiger partial charge in [0, 0.05) is 17.9 Å². The van der Waals surface area contributed by atoms with Gasteiger partial charge in [-0.05, 0) is 29.1 Å². The summed E-state index contributed by atoms with van der Waals surface area (Å²) < 4.78 is 31.1. The van der Waals surface area contributed by atoms with Crippen LogP contribution < -0.4 is 4.72 Å². The van der Waals surface area contributed by atoms with Gasteiger partial charge in [0.2, 0.25) is 15.8 Å². The fourth-order valence-electron chi connectivity index (χ4n) is 1.25. The first kappa shape index (κ1) is 15.5. The molecule has 2 N–H and O–H groups in total. The van der Waals surface area contributed by atoms with E-state index in [1.807, 2.05) is 6.26 Å². The van der Waals surface area contributed by atoms with E-state index in [2.05, 4.69) is 20.7 Å². The Bertz CT molecular complexity index is 539. The smallest absolute Gasteiger partial charge is 0.371 e. The van der Waals surface area contributed by atoms with Gasteiger partial charge in [0.1, 0.15) is 4.90 Å². The first-order valence-electron chi connectivity index (χ1n) is 4.82. The van der Waals surface area contributed by atoms with Crippen molar-refractivity contribution < 1.29 is 22.7 Å². The molecular weight excluding hydrogens is 346 g/mol. The maximum absolute atomic E-state index is 12.0. The fourth-order valence-corrected chi connectivity index (χ4v) is 4.13. The lowest BCUT2D eigenvalue weighted by molar-refractivity contribution is 0.0661. The molecule has 0 aliphatic carbocycles.